The maximum absolute atomic E-state index is 14.0. The van der Waals surface area contributed by atoms with Gasteiger partial charge in [0.15, 0.2) is 5.82 Å². The number of halogens is 1. The molecule has 0 radical (unpaired) electrons. The quantitative estimate of drug-likeness (QED) is 0.325. The molecule has 198 valence electrons. The number of rotatable bonds is 7. The summed E-state index contributed by atoms with van der Waals surface area (Å²) in [6.45, 7) is 2.73. The summed E-state index contributed by atoms with van der Waals surface area (Å²) in [5.41, 5.74) is 2.81. The molecule has 9 heteroatoms. The predicted octanol–water partition coefficient (Wildman–Crippen LogP) is 5.33. The molecular weight excluding hydrogens is 499 g/mol. The van der Waals surface area contributed by atoms with Crippen molar-refractivity contribution in [3.63, 3.8) is 0 Å². The van der Waals surface area contributed by atoms with E-state index in [1.54, 1.807) is 24.2 Å². The fraction of sp³-hybridized carbons (Fsp3) is 0.267. The van der Waals surface area contributed by atoms with Crippen molar-refractivity contribution >= 4 is 40.0 Å². The fourth-order valence-electron chi connectivity index (χ4n) is 5.41. The van der Waals surface area contributed by atoms with E-state index in [9.17, 15) is 19.1 Å². The van der Waals surface area contributed by atoms with E-state index in [4.69, 9.17) is 4.74 Å². The van der Waals surface area contributed by atoms with Crippen molar-refractivity contribution < 1.29 is 23.8 Å². The molecule has 1 N–H and O–H groups in total. The largest absolute Gasteiger partial charge is 0.493 e. The molecule has 2 aromatic heterocycles. The number of pyridine rings is 2. The second kappa shape index (κ2) is 9.65. The van der Waals surface area contributed by atoms with Crippen LogP contribution < -0.4 is 14.5 Å². The Morgan fingerprint density at radius 3 is 2.67 bits per heavy atom. The van der Waals surface area contributed by atoms with Crippen molar-refractivity contribution in [1.82, 2.24) is 9.97 Å². The minimum atomic E-state index is -0.752. The van der Waals surface area contributed by atoms with Crippen molar-refractivity contribution in [1.29, 1.82) is 0 Å². The van der Waals surface area contributed by atoms with Crippen LogP contribution in [0.3, 0.4) is 0 Å². The highest BCUT2D eigenvalue weighted by atomic mass is 19.1. The van der Waals surface area contributed by atoms with Gasteiger partial charge in [-0.3, -0.25) is 9.59 Å². The van der Waals surface area contributed by atoms with Gasteiger partial charge >= 0.3 is 5.97 Å². The first-order chi connectivity index (χ1) is 18.9. The van der Waals surface area contributed by atoms with E-state index in [1.165, 1.54) is 11.0 Å². The number of amides is 1. The molecule has 2 aromatic carbocycles. The molecule has 3 heterocycles. The molecule has 6 rings (SSSR count). The highest BCUT2D eigenvalue weighted by molar-refractivity contribution is 6.12. The molecule has 4 aromatic rings. The van der Waals surface area contributed by atoms with E-state index in [-0.39, 0.29) is 17.7 Å². The summed E-state index contributed by atoms with van der Waals surface area (Å²) in [6, 6.07) is 16.4. The van der Waals surface area contributed by atoms with Crippen LogP contribution in [0.25, 0.3) is 10.8 Å². The fourth-order valence-corrected chi connectivity index (χ4v) is 5.41. The normalized spacial score (nSPS) is 18.0. The van der Waals surface area contributed by atoms with Crippen LogP contribution in [0, 0.1) is 11.9 Å². The standard InChI is InChI=1S/C30H27FN4O4/c1-3-35-27-23(29(36)34(2)24-9-11-26(31)33-28(24)35)14-17(16-32-27)12-13-39-25-10-8-19(21-15-22(21)30(37)38)18-6-4-5-7-20(18)25/h4-11,14,16,21-22H,3,12-13,15H2,1-2H3,(H,37,38). The summed E-state index contributed by atoms with van der Waals surface area (Å²) in [7, 11) is 1.65. The zero-order chi connectivity index (χ0) is 27.3. The van der Waals surface area contributed by atoms with E-state index in [0.717, 1.165) is 27.6 Å². The number of carbonyl (C=O) groups excluding carboxylic acids is 1. The number of anilines is 3. The summed E-state index contributed by atoms with van der Waals surface area (Å²) in [5, 5.41) is 11.3. The van der Waals surface area contributed by atoms with Crippen molar-refractivity contribution in [2.24, 2.45) is 5.92 Å². The van der Waals surface area contributed by atoms with Gasteiger partial charge in [0.05, 0.1) is 23.8 Å². The lowest BCUT2D eigenvalue weighted by Gasteiger charge is -2.22. The predicted molar refractivity (Wildman–Crippen MR) is 145 cm³/mol. The molecule has 2 aliphatic rings. The molecular formula is C30H27FN4O4. The molecule has 2 unspecified atom stereocenters. The average molecular weight is 527 g/mol. The summed E-state index contributed by atoms with van der Waals surface area (Å²) in [5.74, 6) is -0.392. The van der Waals surface area contributed by atoms with Gasteiger partial charge in [-0.15, -0.1) is 0 Å². The monoisotopic (exact) mass is 526 g/mol. The van der Waals surface area contributed by atoms with E-state index in [2.05, 4.69) is 9.97 Å². The van der Waals surface area contributed by atoms with Crippen LogP contribution in [0.15, 0.2) is 60.8 Å². The number of hydrogen-bond acceptors (Lipinski definition) is 6. The number of aromatic nitrogens is 2. The molecule has 0 bridgehead atoms. The SMILES string of the molecule is CCN1c2ncc(CCOc3ccc(C4CC4C(=O)O)c4ccccc34)cc2C(=O)N(C)c2ccc(F)nc21. The Kier molecular flexibility index (Phi) is 6.13. The number of ether oxygens (including phenoxy) is 1. The Morgan fingerprint density at radius 2 is 1.92 bits per heavy atom. The van der Waals surface area contributed by atoms with Gasteiger partial charge < -0.3 is 19.6 Å². The molecule has 1 fully saturated rings. The minimum absolute atomic E-state index is 0.0308. The highest BCUT2D eigenvalue weighted by Gasteiger charge is 2.44. The van der Waals surface area contributed by atoms with Gasteiger partial charge in [0.2, 0.25) is 5.95 Å². The Balaban J connectivity index is 1.23. The average Bonchev–Trinajstić information content (AvgIpc) is 3.75. The Hall–Kier alpha value is -4.53. The first-order valence-corrected chi connectivity index (χ1v) is 13.0. The third kappa shape index (κ3) is 4.33. The molecule has 1 saturated carbocycles. The lowest BCUT2D eigenvalue weighted by molar-refractivity contribution is -0.138. The first-order valence-electron chi connectivity index (χ1n) is 13.0. The van der Waals surface area contributed by atoms with Crippen LogP contribution in [-0.2, 0) is 11.2 Å². The van der Waals surface area contributed by atoms with Crippen LogP contribution in [-0.4, -0.2) is 47.2 Å². The number of carboxylic acid groups (broad SMARTS) is 1. The van der Waals surface area contributed by atoms with E-state index >= 15 is 0 Å². The molecule has 1 aliphatic carbocycles. The van der Waals surface area contributed by atoms with E-state index in [1.807, 2.05) is 49.4 Å². The molecule has 39 heavy (non-hydrogen) atoms. The van der Waals surface area contributed by atoms with E-state index < -0.39 is 11.9 Å². The van der Waals surface area contributed by atoms with Gasteiger partial charge in [-0.05, 0) is 60.0 Å². The maximum Gasteiger partial charge on any atom is 0.307 e. The molecule has 1 amide bonds. The van der Waals surface area contributed by atoms with Gasteiger partial charge in [0.25, 0.3) is 5.91 Å². The Labute approximate surface area is 224 Å². The van der Waals surface area contributed by atoms with Crippen LogP contribution in [0.5, 0.6) is 5.75 Å². The number of hydrogen-bond donors (Lipinski definition) is 1. The van der Waals surface area contributed by atoms with Crippen molar-refractivity contribution in [2.45, 2.75) is 25.7 Å². The van der Waals surface area contributed by atoms with Crippen LogP contribution >= 0.6 is 0 Å². The summed E-state index contributed by atoms with van der Waals surface area (Å²) in [4.78, 5) is 36.6. The maximum atomic E-state index is 14.0. The second-order valence-electron chi connectivity index (χ2n) is 9.88. The van der Waals surface area contributed by atoms with Crippen LogP contribution in [0.4, 0.5) is 21.7 Å². The van der Waals surface area contributed by atoms with Gasteiger partial charge in [-0.2, -0.15) is 9.37 Å². The molecule has 1 aliphatic heterocycles. The first kappa shape index (κ1) is 24.8. The van der Waals surface area contributed by atoms with Gasteiger partial charge in [0.1, 0.15) is 11.6 Å². The Morgan fingerprint density at radius 1 is 1.13 bits per heavy atom. The second-order valence-corrected chi connectivity index (χ2v) is 9.88. The summed E-state index contributed by atoms with van der Waals surface area (Å²) < 4.78 is 20.2. The third-order valence-electron chi connectivity index (χ3n) is 7.54. The minimum Gasteiger partial charge on any atom is -0.493 e. The number of nitrogens with zero attached hydrogens (tertiary/aromatic N) is 4. The Bertz CT molecular complexity index is 1620. The van der Waals surface area contributed by atoms with Crippen LogP contribution in [0.2, 0.25) is 0 Å². The summed E-state index contributed by atoms with van der Waals surface area (Å²) in [6.07, 6.45) is 2.89. The highest BCUT2D eigenvalue weighted by Crippen LogP contribution is 2.50. The van der Waals surface area contributed by atoms with Crippen molar-refractivity contribution in [3.8, 4) is 5.75 Å². The number of fused-ring (bicyclic) bond motifs is 3. The van der Waals surface area contributed by atoms with Gasteiger partial charge in [-0.25, -0.2) is 4.98 Å². The summed E-state index contributed by atoms with van der Waals surface area (Å²) >= 11 is 0. The van der Waals surface area contributed by atoms with Crippen LogP contribution in [0.1, 0.15) is 40.7 Å². The molecule has 8 nitrogen and oxygen atoms in total. The molecule has 0 saturated heterocycles. The lowest BCUT2D eigenvalue weighted by atomic mass is 9.99. The number of aliphatic carboxylic acids is 1. The van der Waals surface area contributed by atoms with Crippen molar-refractivity contribution in [3.05, 3.63) is 83.4 Å². The zero-order valence-electron chi connectivity index (χ0n) is 21.6. The number of benzene rings is 2. The molecule has 0 spiro atoms. The zero-order valence-corrected chi connectivity index (χ0v) is 21.6. The van der Waals surface area contributed by atoms with E-state index in [0.29, 0.717) is 48.9 Å². The number of carbonyl (C=O) groups is 2. The molecule has 2 atom stereocenters. The van der Waals surface area contributed by atoms with Crippen molar-refractivity contribution in [2.75, 3.05) is 30.0 Å². The smallest absolute Gasteiger partial charge is 0.307 e. The van der Waals surface area contributed by atoms with Gasteiger partial charge in [0, 0.05) is 31.6 Å². The van der Waals surface area contributed by atoms with Gasteiger partial charge in [-0.1, -0.05) is 30.3 Å². The number of carboxylic acids is 1. The topological polar surface area (TPSA) is 95.9 Å². The third-order valence-corrected chi connectivity index (χ3v) is 7.54. The lowest BCUT2D eigenvalue weighted by Crippen LogP contribution is -2.25.